The van der Waals surface area contributed by atoms with Crippen LogP contribution < -0.4 is 31.8 Å². The molecule has 8 aromatic carbocycles. The Morgan fingerprint density at radius 1 is 0.211 bits per heavy atom. The molecule has 0 fully saturated rings. The summed E-state index contributed by atoms with van der Waals surface area (Å²) in [7, 11) is -13.8. The fraction of sp³-hybridized carbons (Fsp3) is 0. The van der Waals surface area contributed by atoms with Crippen molar-refractivity contribution in [1.29, 1.82) is 0 Å². The summed E-state index contributed by atoms with van der Waals surface area (Å²) in [5.74, 6) is 0. The first-order valence-electron chi connectivity index (χ1n) is 27.6. The Kier molecular flexibility index (Phi) is 28.6. The van der Waals surface area contributed by atoms with E-state index in [1.165, 1.54) is 43.0 Å². The second kappa shape index (κ2) is 36.6. The molecule has 0 aliphatic carbocycles. The van der Waals surface area contributed by atoms with Crippen molar-refractivity contribution < 1.29 is 68.7 Å². The van der Waals surface area contributed by atoms with Gasteiger partial charge >= 0.3 is 48.6 Å². The molecular formula is C70H56B2Cu2F8N6P2+2. The number of benzene rings is 8. The molecule has 14 aromatic rings. The number of aromatic nitrogens is 6. The second-order valence-corrected chi connectivity index (χ2v) is 23.8. The number of rotatable bonds is 7. The molecule has 0 spiro atoms. The van der Waals surface area contributed by atoms with E-state index in [1.54, 1.807) is 49.6 Å². The first-order valence-corrected chi connectivity index (χ1v) is 30.6. The van der Waals surface area contributed by atoms with E-state index in [0.717, 1.165) is 43.6 Å². The van der Waals surface area contributed by atoms with Crippen molar-refractivity contribution in [3.8, 4) is 11.1 Å². The van der Waals surface area contributed by atoms with Crippen LogP contribution in [0, 0.1) is 0 Å². The smallest absolute Gasteiger partial charge is 0.418 e. The van der Waals surface area contributed by atoms with Crippen LogP contribution in [0.15, 0.2) is 329 Å². The van der Waals surface area contributed by atoms with Gasteiger partial charge in [0.1, 0.15) is 31.8 Å². The monoisotopic (exact) mass is 1340 g/mol. The van der Waals surface area contributed by atoms with Crippen LogP contribution in [0.5, 0.6) is 0 Å². The Morgan fingerprint density at radius 3 is 0.567 bits per heavy atom. The van der Waals surface area contributed by atoms with Crippen molar-refractivity contribution in [3.05, 3.63) is 329 Å². The molecule has 6 heterocycles. The number of hydrogen-bond acceptors (Lipinski definition) is 6. The van der Waals surface area contributed by atoms with Gasteiger partial charge < -0.3 is 34.5 Å². The van der Waals surface area contributed by atoms with Gasteiger partial charge in [0.05, 0.1) is 37.9 Å². The molecule has 0 radical (unpaired) electrons. The topological polar surface area (TPSA) is 77.3 Å². The molecule has 0 saturated carbocycles. The number of fused-ring (bicyclic) bond motifs is 6. The zero-order valence-electron chi connectivity index (χ0n) is 47.6. The van der Waals surface area contributed by atoms with Crippen molar-refractivity contribution in [2.75, 3.05) is 0 Å². The van der Waals surface area contributed by atoms with Crippen molar-refractivity contribution in [2.45, 2.75) is 0 Å². The standard InChI is InChI=1S/2C18H15P.2C12H8N2.C10H8N2.2BF4.2Cu/c2*1-4-10-16(11-5-1)19(17-12-6-2-7-13-17)18-14-8-3-9-15-18;2*1-3-9-5-6-10-4-2-8-14-12(10)11(9)13-7-1;1-5-11-6-2-9(1)10-3-7-12-8-4-10;2*2-1(3,4)5;;/h2*1-15H;2*1-8H;1-8H;;;;/q;;;;;2*-1;2*+1/p+2. The number of pyridine rings is 6. The Hall–Kier alpha value is -8.83. The minimum atomic E-state index is -6.00. The fourth-order valence-corrected chi connectivity index (χ4v) is 14.2. The third kappa shape index (κ3) is 23.0. The quantitative estimate of drug-likeness (QED) is 0.0685. The molecule has 0 atom stereocenters. The van der Waals surface area contributed by atoms with Crippen LogP contribution in [-0.4, -0.2) is 44.4 Å². The maximum atomic E-state index is 9.75. The van der Waals surface area contributed by atoms with E-state index in [4.69, 9.17) is 0 Å². The average Bonchev–Trinajstić information content (AvgIpc) is 1.25. The maximum absolute atomic E-state index is 9.75. The van der Waals surface area contributed by atoms with Gasteiger partial charge in [-0.05, 0) is 132 Å². The molecule has 14 rings (SSSR count). The Balaban J connectivity index is 0.000000173. The largest absolute Gasteiger partial charge is 1.00 e. The second-order valence-electron chi connectivity index (χ2n) is 18.8. The third-order valence-electron chi connectivity index (χ3n) is 12.8. The molecular weight excluding hydrogens is 1290 g/mol. The van der Waals surface area contributed by atoms with Gasteiger partial charge in [0.25, 0.3) is 0 Å². The summed E-state index contributed by atoms with van der Waals surface area (Å²) in [4.78, 5) is 25.3. The van der Waals surface area contributed by atoms with Gasteiger partial charge in [-0.25, -0.2) is 0 Å². The van der Waals surface area contributed by atoms with E-state index in [2.05, 4.69) is 260 Å². The van der Waals surface area contributed by atoms with Crippen LogP contribution in [0.4, 0.5) is 34.5 Å². The zero-order chi connectivity index (χ0) is 61.8. The van der Waals surface area contributed by atoms with E-state index < -0.39 is 30.4 Å². The van der Waals surface area contributed by atoms with Crippen LogP contribution >= 0.6 is 15.8 Å². The van der Waals surface area contributed by atoms with E-state index in [1.807, 2.05) is 48.5 Å². The molecule has 0 N–H and O–H groups in total. The van der Waals surface area contributed by atoms with Gasteiger partial charge in [0.15, 0.2) is 0 Å². The molecule has 458 valence electrons. The summed E-state index contributed by atoms with van der Waals surface area (Å²) >= 11 is 0. The summed E-state index contributed by atoms with van der Waals surface area (Å²) in [6.45, 7) is 0. The molecule has 0 aliphatic heterocycles. The van der Waals surface area contributed by atoms with E-state index in [0.29, 0.717) is 0 Å². The van der Waals surface area contributed by atoms with Crippen LogP contribution in [0.25, 0.3) is 54.7 Å². The SMILES string of the molecule is F[B-](F)(F)F.F[B-](F)(F)F.[Cu+].[Cu+].c1cc(-c2ccncc2)ccn1.c1ccc([PH+](c2ccccc2)c2ccccc2)cc1.c1ccc([PH+](c2ccccc2)c2ccccc2)cc1.c1cnc2c(c1)ccc1cccnc12.c1cnc2c(c1)ccc1cccnc12. The minimum Gasteiger partial charge on any atom is -0.418 e. The summed E-state index contributed by atoms with van der Waals surface area (Å²) in [6, 6.07) is 97.2. The summed E-state index contributed by atoms with van der Waals surface area (Å²) < 4.78 is 78.0. The van der Waals surface area contributed by atoms with Crippen LogP contribution in [0.2, 0.25) is 0 Å². The minimum absolute atomic E-state index is 0. The van der Waals surface area contributed by atoms with Crippen molar-refractivity contribution in [2.24, 2.45) is 0 Å². The van der Waals surface area contributed by atoms with Gasteiger partial charge in [-0.3, -0.25) is 29.9 Å². The number of nitrogens with zero attached hydrogens (tertiary/aromatic N) is 6. The molecule has 20 heteroatoms. The number of hydrogen-bond donors (Lipinski definition) is 0. The maximum Gasteiger partial charge on any atom is 1.00 e. The predicted octanol–water partition coefficient (Wildman–Crippen LogP) is 16.7. The molecule has 0 unspecified atom stereocenters. The third-order valence-corrected chi connectivity index (χ3v) is 18.2. The van der Waals surface area contributed by atoms with Crippen LogP contribution in [0.3, 0.4) is 0 Å². The average molecular weight is 1340 g/mol. The molecule has 0 amide bonds. The zero-order valence-corrected chi connectivity index (χ0v) is 51.5. The van der Waals surface area contributed by atoms with E-state index in [9.17, 15) is 34.5 Å². The first kappa shape index (κ1) is 70.3. The molecule has 0 aliphatic rings. The van der Waals surface area contributed by atoms with Crippen molar-refractivity contribution >= 4 is 106 Å². The predicted molar refractivity (Wildman–Crippen MR) is 355 cm³/mol. The molecule has 90 heavy (non-hydrogen) atoms. The van der Waals surface area contributed by atoms with Gasteiger partial charge in [-0.1, -0.05) is 158 Å². The molecule has 0 saturated heterocycles. The van der Waals surface area contributed by atoms with Crippen LogP contribution in [0.1, 0.15) is 0 Å². The number of halogens is 8. The fourth-order valence-electron chi connectivity index (χ4n) is 9.08. The van der Waals surface area contributed by atoms with Gasteiger partial charge in [-0.2, -0.15) is 0 Å². The van der Waals surface area contributed by atoms with Crippen LogP contribution in [-0.2, 0) is 34.1 Å². The van der Waals surface area contributed by atoms with E-state index >= 15 is 0 Å². The van der Waals surface area contributed by atoms with Crippen molar-refractivity contribution in [1.82, 2.24) is 29.9 Å². The van der Waals surface area contributed by atoms with Gasteiger partial charge in [-0.15, -0.1) is 0 Å². The van der Waals surface area contributed by atoms with Gasteiger partial charge in [0, 0.05) is 71.1 Å². The summed E-state index contributed by atoms with van der Waals surface area (Å²) in [5.41, 5.74) is 6.26. The summed E-state index contributed by atoms with van der Waals surface area (Å²) in [5, 5.41) is 13.2. The molecule has 0 bridgehead atoms. The summed E-state index contributed by atoms with van der Waals surface area (Å²) in [6.07, 6.45) is 14.4. The Bertz CT molecular complexity index is 3710. The normalized spacial score (nSPS) is 10.5. The van der Waals surface area contributed by atoms with E-state index in [-0.39, 0.29) is 34.1 Å². The molecule has 6 aromatic heterocycles. The Morgan fingerprint density at radius 2 is 0.389 bits per heavy atom. The molecule has 6 nitrogen and oxygen atoms in total. The van der Waals surface area contributed by atoms with Gasteiger partial charge in [0.2, 0.25) is 0 Å². The first-order chi connectivity index (χ1) is 42.8. The van der Waals surface area contributed by atoms with Crippen molar-refractivity contribution in [3.63, 3.8) is 0 Å². The Labute approximate surface area is 540 Å².